The molecule has 0 radical (unpaired) electrons. The van der Waals surface area contributed by atoms with E-state index in [1.807, 2.05) is 17.0 Å². The number of hydrogen-bond donors (Lipinski definition) is 0. The van der Waals surface area contributed by atoms with Gasteiger partial charge in [-0.2, -0.15) is 0 Å². The number of carbonyl (C=O) groups excluding carboxylic acids is 1. The zero-order valence-corrected chi connectivity index (χ0v) is 20.8. The van der Waals surface area contributed by atoms with Crippen LogP contribution in [0.3, 0.4) is 0 Å². The second-order valence-electron chi connectivity index (χ2n) is 9.52. The van der Waals surface area contributed by atoms with Crippen LogP contribution in [-0.2, 0) is 9.47 Å². The number of rotatable bonds is 3. The molecule has 0 amide bonds. The van der Waals surface area contributed by atoms with Gasteiger partial charge in [0.2, 0.25) is 0 Å². The molecule has 182 valence electrons. The van der Waals surface area contributed by atoms with E-state index in [1.54, 1.807) is 56.7 Å². The van der Waals surface area contributed by atoms with E-state index in [0.717, 1.165) is 5.39 Å². The molecule has 0 N–H and O–H groups in total. The summed E-state index contributed by atoms with van der Waals surface area (Å²) in [6.45, 7) is 9.15. The summed E-state index contributed by atoms with van der Waals surface area (Å²) in [4.78, 5) is 24.2. The van der Waals surface area contributed by atoms with Crippen molar-refractivity contribution in [2.75, 3.05) is 31.2 Å². The molecule has 0 aliphatic carbocycles. The van der Waals surface area contributed by atoms with Gasteiger partial charge in [-0.15, -0.1) is 0 Å². The number of pyridine rings is 1. The van der Waals surface area contributed by atoms with Crippen LogP contribution in [0.15, 0.2) is 36.5 Å². The molecule has 9 heteroatoms. The predicted molar refractivity (Wildman–Crippen MR) is 134 cm³/mol. The number of benzene rings is 2. The number of anilines is 1. The van der Waals surface area contributed by atoms with Gasteiger partial charge in [-0.25, -0.2) is 14.2 Å². The fraction of sp³-hybridized carbons (Fsp3) is 0.346. The minimum absolute atomic E-state index is 0.208. The van der Waals surface area contributed by atoms with Crippen LogP contribution in [0.2, 0.25) is 5.02 Å². The smallest absolute Gasteiger partial charge is 0.341 e. The van der Waals surface area contributed by atoms with Crippen LogP contribution in [0.4, 0.5) is 10.1 Å². The van der Waals surface area contributed by atoms with Crippen molar-refractivity contribution in [3.05, 3.63) is 58.8 Å². The number of imidazole rings is 1. The Morgan fingerprint density at radius 2 is 1.89 bits per heavy atom. The van der Waals surface area contributed by atoms with E-state index in [4.69, 9.17) is 21.1 Å². The topological polar surface area (TPSA) is 69.5 Å². The maximum atomic E-state index is 16.3. The first kappa shape index (κ1) is 23.5. The van der Waals surface area contributed by atoms with E-state index >= 15 is 4.39 Å². The van der Waals surface area contributed by atoms with Gasteiger partial charge in [-0.3, -0.25) is 9.55 Å². The van der Waals surface area contributed by atoms with Gasteiger partial charge >= 0.3 is 5.97 Å². The van der Waals surface area contributed by atoms with Crippen LogP contribution in [0.5, 0.6) is 0 Å². The molecule has 35 heavy (non-hydrogen) atoms. The van der Waals surface area contributed by atoms with Crippen LogP contribution < -0.4 is 4.90 Å². The van der Waals surface area contributed by atoms with E-state index in [1.165, 1.54) is 0 Å². The van der Waals surface area contributed by atoms with E-state index < -0.39 is 17.4 Å². The number of esters is 1. The monoisotopic (exact) mass is 496 g/mol. The Morgan fingerprint density at radius 1 is 1.14 bits per heavy atom. The van der Waals surface area contributed by atoms with E-state index in [0.29, 0.717) is 54.0 Å². The van der Waals surface area contributed by atoms with Crippen molar-refractivity contribution in [3.63, 3.8) is 0 Å². The van der Waals surface area contributed by atoms with Crippen molar-refractivity contribution in [2.45, 2.75) is 33.3 Å². The van der Waals surface area contributed by atoms with Gasteiger partial charge in [0.25, 0.3) is 0 Å². The van der Waals surface area contributed by atoms with Gasteiger partial charge in [0.15, 0.2) is 5.82 Å². The number of nitrogens with zero attached hydrogens (tertiary/aromatic N) is 4. The molecule has 0 unspecified atom stereocenters. The van der Waals surface area contributed by atoms with Gasteiger partial charge < -0.3 is 14.4 Å². The summed E-state index contributed by atoms with van der Waals surface area (Å²) >= 11 is 6.39. The van der Waals surface area contributed by atoms with Crippen molar-refractivity contribution in [1.82, 2.24) is 14.5 Å². The van der Waals surface area contributed by atoms with Gasteiger partial charge in [0.1, 0.15) is 22.5 Å². The standard InChI is InChI=1S/C26H26ClFN4O3/c1-15-30-23-17(25(33)35-26(2,3)4)14-20(31-10-12-34-13-11-31)21(28)24(23)32(15)19-8-9-29-22-16(19)6-5-7-18(22)27/h5-9,14H,10-13H2,1-4H3. The van der Waals surface area contributed by atoms with Gasteiger partial charge in [-0.05, 0) is 45.9 Å². The Hall–Kier alpha value is -3.23. The molecule has 0 bridgehead atoms. The highest BCUT2D eigenvalue weighted by Crippen LogP contribution is 2.36. The summed E-state index contributed by atoms with van der Waals surface area (Å²) < 4.78 is 29.2. The molecule has 1 fully saturated rings. The molecule has 1 aliphatic heterocycles. The van der Waals surface area contributed by atoms with E-state index in [9.17, 15) is 4.79 Å². The molecule has 0 saturated carbocycles. The molecular formula is C26H26ClFN4O3. The zero-order valence-electron chi connectivity index (χ0n) is 20.1. The Bertz CT molecular complexity index is 1460. The second-order valence-corrected chi connectivity index (χ2v) is 9.92. The lowest BCUT2D eigenvalue weighted by Crippen LogP contribution is -2.37. The Morgan fingerprint density at radius 3 is 2.60 bits per heavy atom. The van der Waals surface area contributed by atoms with Crippen LogP contribution in [0, 0.1) is 12.7 Å². The lowest BCUT2D eigenvalue weighted by molar-refractivity contribution is 0.00716. The van der Waals surface area contributed by atoms with Gasteiger partial charge in [0.05, 0.1) is 40.7 Å². The van der Waals surface area contributed by atoms with Crippen molar-refractivity contribution in [1.29, 1.82) is 0 Å². The lowest BCUT2D eigenvalue weighted by atomic mass is 10.1. The average molecular weight is 497 g/mol. The summed E-state index contributed by atoms with van der Waals surface area (Å²) in [5.74, 6) is -0.485. The number of aromatic nitrogens is 3. The van der Waals surface area contributed by atoms with Gasteiger partial charge in [-0.1, -0.05) is 23.7 Å². The van der Waals surface area contributed by atoms with E-state index in [-0.39, 0.29) is 16.6 Å². The minimum atomic E-state index is -0.716. The van der Waals surface area contributed by atoms with Crippen molar-refractivity contribution < 1.29 is 18.7 Å². The first-order valence-corrected chi connectivity index (χ1v) is 11.8. The first-order chi connectivity index (χ1) is 16.7. The summed E-state index contributed by atoms with van der Waals surface area (Å²) in [6.07, 6.45) is 1.63. The third kappa shape index (κ3) is 4.21. The number of halogens is 2. The molecule has 0 atom stereocenters. The molecular weight excluding hydrogens is 471 g/mol. The number of morpholine rings is 1. The molecule has 1 aliphatic rings. The molecule has 7 nitrogen and oxygen atoms in total. The summed E-state index contributed by atoms with van der Waals surface area (Å²) in [7, 11) is 0. The SMILES string of the molecule is Cc1nc2c(C(=O)OC(C)(C)C)cc(N3CCOCC3)c(F)c2n1-c1ccnc2c(Cl)cccc12. The average Bonchev–Trinajstić information content (AvgIpc) is 3.16. The quantitative estimate of drug-likeness (QED) is 0.350. The number of carbonyl (C=O) groups is 1. The highest BCUT2D eigenvalue weighted by Gasteiger charge is 2.29. The molecule has 2 aromatic carbocycles. The number of hydrogen-bond acceptors (Lipinski definition) is 6. The van der Waals surface area contributed by atoms with Crippen LogP contribution in [0.25, 0.3) is 27.6 Å². The second kappa shape index (κ2) is 8.77. The number of ether oxygens (including phenoxy) is 2. The lowest BCUT2D eigenvalue weighted by Gasteiger charge is -2.30. The zero-order chi connectivity index (χ0) is 24.9. The molecule has 5 rings (SSSR count). The molecule has 3 heterocycles. The van der Waals surface area contributed by atoms with Gasteiger partial charge in [0, 0.05) is 24.7 Å². The third-order valence-corrected chi connectivity index (χ3v) is 6.23. The number of aryl methyl sites for hydroxylation is 1. The van der Waals surface area contributed by atoms with Crippen molar-refractivity contribution >= 4 is 45.2 Å². The van der Waals surface area contributed by atoms with E-state index in [2.05, 4.69) is 9.97 Å². The molecule has 4 aromatic rings. The Balaban J connectivity index is 1.83. The maximum Gasteiger partial charge on any atom is 0.341 e. The van der Waals surface area contributed by atoms with Crippen LogP contribution >= 0.6 is 11.6 Å². The van der Waals surface area contributed by atoms with Crippen molar-refractivity contribution in [2.24, 2.45) is 0 Å². The fourth-order valence-electron chi connectivity index (χ4n) is 4.45. The summed E-state index contributed by atoms with van der Waals surface area (Å²) in [6, 6.07) is 8.81. The molecule has 0 spiro atoms. The number of para-hydroxylation sites is 1. The number of fused-ring (bicyclic) bond motifs is 2. The molecule has 2 aromatic heterocycles. The predicted octanol–water partition coefficient (Wildman–Crippen LogP) is 5.47. The highest BCUT2D eigenvalue weighted by molar-refractivity contribution is 6.35. The molecule has 1 saturated heterocycles. The van der Waals surface area contributed by atoms with Crippen LogP contribution in [-0.4, -0.2) is 52.4 Å². The first-order valence-electron chi connectivity index (χ1n) is 11.5. The minimum Gasteiger partial charge on any atom is -0.456 e. The maximum absolute atomic E-state index is 16.3. The van der Waals surface area contributed by atoms with Crippen LogP contribution in [0.1, 0.15) is 37.0 Å². The third-order valence-electron chi connectivity index (χ3n) is 5.92. The fourth-order valence-corrected chi connectivity index (χ4v) is 4.67. The largest absolute Gasteiger partial charge is 0.456 e. The normalized spacial score (nSPS) is 14.6. The Labute approximate surface area is 207 Å². The Kier molecular flexibility index (Phi) is 5.89. The summed E-state index contributed by atoms with van der Waals surface area (Å²) in [5, 5.41) is 1.24. The highest BCUT2D eigenvalue weighted by atomic mass is 35.5. The van der Waals surface area contributed by atoms with Crippen molar-refractivity contribution in [3.8, 4) is 5.69 Å². The summed E-state index contributed by atoms with van der Waals surface area (Å²) in [5.41, 5.74) is 1.55.